The number of unbranched alkanes of at least 4 members (excludes halogenated alkanes) is 9. The third-order valence-corrected chi connectivity index (χ3v) is 8.77. The van der Waals surface area contributed by atoms with Gasteiger partial charge >= 0.3 is 17.9 Å². The highest BCUT2D eigenvalue weighted by molar-refractivity contribution is 5.71. The van der Waals surface area contributed by atoms with Crippen LogP contribution in [-0.2, 0) is 28.6 Å². The summed E-state index contributed by atoms with van der Waals surface area (Å²) in [7, 11) is 0. The first-order chi connectivity index (χ1) is 31.0. The molecule has 0 aromatic heterocycles. The van der Waals surface area contributed by atoms with Crippen LogP contribution < -0.4 is 0 Å². The Bertz CT molecular complexity index is 1600. The van der Waals surface area contributed by atoms with Crippen LogP contribution in [0.1, 0.15) is 136 Å². The lowest BCUT2D eigenvalue weighted by molar-refractivity contribution is -0.167. The molecular weight excluding hydrogens is 781 g/mol. The number of allylic oxidation sites excluding steroid dienone is 30. The molecule has 0 bridgehead atoms. The van der Waals surface area contributed by atoms with Crippen LogP contribution in [0.3, 0.4) is 0 Å². The van der Waals surface area contributed by atoms with Crippen molar-refractivity contribution >= 4 is 17.9 Å². The van der Waals surface area contributed by atoms with Crippen LogP contribution in [0.25, 0.3) is 0 Å². The fraction of sp³-hybridized carbons (Fsp3) is 0.421. The Hall–Kier alpha value is -5.49. The van der Waals surface area contributed by atoms with Gasteiger partial charge in [0.25, 0.3) is 0 Å². The van der Waals surface area contributed by atoms with Gasteiger partial charge in [0, 0.05) is 19.3 Å². The topological polar surface area (TPSA) is 78.9 Å². The van der Waals surface area contributed by atoms with E-state index in [1.165, 1.54) is 0 Å². The van der Waals surface area contributed by atoms with E-state index in [1.807, 2.05) is 146 Å². The quantitative estimate of drug-likeness (QED) is 0.0266. The molecule has 0 fully saturated rings. The van der Waals surface area contributed by atoms with Crippen LogP contribution in [0.4, 0.5) is 0 Å². The highest BCUT2D eigenvalue weighted by atomic mass is 16.6. The zero-order chi connectivity index (χ0) is 45.8. The summed E-state index contributed by atoms with van der Waals surface area (Å²) in [6, 6.07) is 0. The predicted octanol–water partition coefficient (Wildman–Crippen LogP) is 15.4. The summed E-state index contributed by atoms with van der Waals surface area (Å²) in [6.45, 7) is 6.04. The molecule has 0 saturated carbocycles. The standard InChI is InChI=1S/C57H80O6/c1-4-7-10-13-16-19-22-25-27-28-30-32-35-38-41-44-47-50-56(59)62-53-54(52-61-55(58)49-46-43-40-37-34-31-24-21-18-15-12-9-6-3)63-57(60)51-48-45-42-39-36-33-29-26-23-20-17-14-11-8-5-2/h7-36,54H,4-6,37-53H2,1-3H3/b10-7+,11-8+,12-9+,16-13+,17-14+,18-15+,22-19+,23-20+,24-21+,27-25+,29-26+,30-28+,34-31+,35-32+,36-33+. The molecule has 0 saturated heterocycles. The number of rotatable bonds is 38. The Labute approximate surface area is 383 Å². The molecule has 0 radical (unpaired) electrons. The van der Waals surface area contributed by atoms with Crippen molar-refractivity contribution in [1.29, 1.82) is 0 Å². The van der Waals surface area contributed by atoms with Gasteiger partial charge in [0.15, 0.2) is 6.10 Å². The lowest BCUT2D eigenvalue weighted by Gasteiger charge is -2.18. The van der Waals surface area contributed by atoms with Crippen LogP contribution in [-0.4, -0.2) is 37.2 Å². The van der Waals surface area contributed by atoms with Crippen molar-refractivity contribution in [2.75, 3.05) is 13.2 Å². The molecule has 0 aromatic carbocycles. The molecular formula is C57H80O6. The lowest BCUT2D eigenvalue weighted by atomic mass is 10.1. The molecule has 1 atom stereocenters. The summed E-state index contributed by atoms with van der Waals surface area (Å²) in [5.41, 5.74) is 0. The molecule has 344 valence electrons. The van der Waals surface area contributed by atoms with Gasteiger partial charge in [0.2, 0.25) is 0 Å². The molecule has 0 aliphatic rings. The van der Waals surface area contributed by atoms with Gasteiger partial charge in [-0.3, -0.25) is 14.4 Å². The maximum absolute atomic E-state index is 12.8. The molecule has 0 rings (SSSR count). The minimum absolute atomic E-state index is 0.142. The minimum atomic E-state index is -0.845. The highest BCUT2D eigenvalue weighted by Gasteiger charge is 2.19. The third kappa shape index (κ3) is 47.4. The van der Waals surface area contributed by atoms with E-state index in [0.29, 0.717) is 19.3 Å². The van der Waals surface area contributed by atoms with Crippen LogP contribution in [0.2, 0.25) is 0 Å². The largest absolute Gasteiger partial charge is 0.462 e. The number of hydrogen-bond acceptors (Lipinski definition) is 6. The van der Waals surface area contributed by atoms with Gasteiger partial charge in [-0.1, -0.05) is 222 Å². The van der Waals surface area contributed by atoms with Gasteiger partial charge in [-0.25, -0.2) is 0 Å². The van der Waals surface area contributed by atoms with E-state index in [-0.39, 0.29) is 50.4 Å². The van der Waals surface area contributed by atoms with E-state index < -0.39 is 6.10 Å². The molecule has 0 heterocycles. The summed E-state index contributed by atoms with van der Waals surface area (Å²) in [5, 5.41) is 0. The van der Waals surface area contributed by atoms with Crippen molar-refractivity contribution in [3.05, 3.63) is 182 Å². The van der Waals surface area contributed by atoms with Gasteiger partial charge in [-0.15, -0.1) is 0 Å². The second-order valence-corrected chi connectivity index (χ2v) is 14.5. The Morgan fingerprint density at radius 2 is 0.571 bits per heavy atom. The third-order valence-electron chi connectivity index (χ3n) is 8.77. The minimum Gasteiger partial charge on any atom is -0.462 e. The summed E-state index contributed by atoms with van der Waals surface area (Å²) in [6.07, 6.45) is 74.4. The molecule has 1 unspecified atom stereocenters. The Balaban J connectivity index is 4.69. The molecule has 6 heteroatoms. The van der Waals surface area contributed by atoms with Gasteiger partial charge in [0.05, 0.1) is 0 Å². The van der Waals surface area contributed by atoms with E-state index in [0.717, 1.165) is 77.0 Å². The fourth-order valence-electron chi connectivity index (χ4n) is 5.33. The monoisotopic (exact) mass is 861 g/mol. The first-order valence-electron chi connectivity index (χ1n) is 23.5. The SMILES string of the molecule is CC/C=C/C=C/C=C/C=C/C=C/C=C/CCCCCC(=O)OCC(COC(=O)CCCCC/C=C/C=C/C=C/C=C/CC)OC(=O)CCCCC/C=C/C=C/C=C/C=C/C=C/CC. The average Bonchev–Trinajstić information content (AvgIpc) is 3.28. The molecule has 0 amide bonds. The zero-order valence-electron chi connectivity index (χ0n) is 39.0. The van der Waals surface area contributed by atoms with Crippen LogP contribution >= 0.6 is 0 Å². The van der Waals surface area contributed by atoms with Crippen LogP contribution in [0.15, 0.2) is 182 Å². The fourth-order valence-corrected chi connectivity index (χ4v) is 5.33. The molecule has 0 spiro atoms. The van der Waals surface area contributed by atoms with Crippen LogP contribution in [0, 0.1) is 0 Å². The number of carbonyl (C=O) groups is 3. The lowest BCUT2D eigenvalue weighted by Crippen LogP contribution is -2.30. The van der Waals surface area contributed by atoms with Crippen molar-refractivity contribution in [2.24, 2.45) is 0 Å². The second kappa shape index (κ2) is 49.2. The maximum Gasteiger partial charge on any atom is 0.306 e. The molecule has 63 heavy (non-hydrogen) atoms. The smallest absolute Gasteiger partial charge is 0.306 e. The number of esters is 3. The summed E-state index contributed by atoms with van der Waals surface area (Å²) in [5.74, 6) is -1.09. The molecule has 0 N–H and O–H groups in total. The Kier molecular flexibility index (Phi) is 44.9. The molecule has 0 aliphatic carbocycles. The maximum atomic E-state index is 12.8. The normalized spacial score (nSPS) is 13.8. The molecule has 0 aliphatic heterocycles. The van der Waals surface area contributed by atoms with Crippen molar-refractivity contribution in [1.82, 2.24) is 0 Å². The highest BCUT2D eigenvalue weighted by Crippen LogP contribution is 2.10. The van der Waals surface area contributed by atoms with Gasteiger partial charge in [-0.05, 0) is 77.0 Å². The second-order valence-electron chi connectivity index (χ2n) is 14.5. The van der Waals surface area contributed by atoms with Gasteiger partial charge < -0.3 is 14.2 Å². The van der Waals surface area contributed by atoms with Crippen molar-refractivity contribution in [3.8, 4) is 0 Å². The predicted molar refractivity (Wildman–Crippen MR) is 269 cm³/mol. The molecule has 0 aromatic rings. The average molecular weight is 861 g/mol. The Morgan fingerprint density at radius 1 is 0.317 bits per heavy atom. The van der Waals surface area contributed by atoms with E-state index in [2.05, 4.69) is 57.2 Å². The molecule has 6 nitrogen and oxygen atoms in total. The Morgan fingerprint density at radius 3 is 0.857 bits per heavy atom. The number of hydrogen-bond donors (Lipinski definition) is 0. The van der Waals surface area contributed by atoms with Gasteiger partial charge in [0.1, 0.15) is 13.2 Å². The van der Waals surface area contributed by atoms with E-state index >= 15 is 0 Å². The summed E-state index contributed by atoms with van der Waals surface area (Å²) < 4.78 is 16.6. The first kappa shape index (κ1) is 57.5. The number of carbonyl (C=O) groups excluding carboxylic acids is 3. The van der Waals surface area contributed by atoms with Gasteiger partial charge in [-0.2, -0.15) is 0 Å². The van der Waals surface area contributed by atoms with E-state index in [9.17, 15) is 14.4 Å². The van der Waals surface area contributed by atoms with Crippen molar-refractivity contribution < 1.29 is 28.6 Å². The summed E-state index contributed by atoms with van der Waals surface area (Å²) >= 11 is 0. The van der Waals surface area contributed by atoms with Crippen molar-refractivity contribution in [3.63, 3.8) is 0 Å². The summed E-state index contributed by atoms with van der Waals surface area (Å²) in [4.78, 5) is 37.9. The number of ether oxygens (including phenoxy) is 3. The zero-order valence-corrected chi connectivity index (χ0v) is 39.0. The van der Waals surface area contributed by atoms with E-state index in [1.54, 1.807) is 0 Å². The van der Waals surface area contributed by atoms with E-state index in [4.69, 9.17) is 14.2 Å². The first-order valence-corrected chi connectivity index (χ1v) is 23.5. The van der Waals surface area contributed by atoms with Crippen molar-refractivity contribution in [2.45, 2.75) is 142 Å². The van der Waals surface area contributed by atoms with Crippen LogP contribution in [0.5, 0.6) is 0 Å².